The number of halogens is 1. The standard InChI is InChI=1S/C17H19ClN2O3/c1-17(22-2,12-4-3-5-13(18)8-12)10-19-16(21)14-9-15(23-20-14)11-6-7-11/h3-5,8-9,11H,6-7,10H2,1-2H3,(H,19,21)/t17-/m0/s1. The predicted molar refractivity (Wildman–Crippen MR) is 86.6 cm³/mol. The van der Waals surface area contributed by atoms with Crippen LogP contribution in [0.5, 0.6) is 0 Å². The fourth-order valence-corrected chi connectivity index (χ4v) is 2.60. The molecule has 1 amide bonds. The summed E-state index contributed by atoms with van der Waals surface area (Å²) in [7, 11) is 1.61. The quantitative estimate of drug-likeness (QED) is 0.878. The topological polar surface area (TPSA) is 64.4 Å². The molecule has 1 N–H and O–H groups in total. The lowest BCUT2D eigenvalue weighted by molar-refractivity contribution is 0.00308. The summed E-state index contributed by atoms with van der Waals surface area (Å²) in [5.41, 5.74) is 0.520. The van der Waals surface area contributed by atoms with Crippen LogP contribution >= 0.6 is 11.6 Å². The summed E-state index contributed by atoms with van der Waals surface area (Å²) in [5, 5.41) is 7.32. The highest BCUT2D eigenvalue weighted by Crippen LogP contribution is 2.40. The van der Waals surface area contributed by atoms with Gasteiger partial charge in [0.2, 0.25) is 0 Å². The maximum Gasteiger partial charge on any atom is 0.273 e. The van der Waals surface area contributed by atoms with E-state index in [9.17, 15) is 4.79 Å². The number of aromatic nitrogens is 1. The van der Waals surface area contributed by atoms with Gasteiger partial charge in [-0.25, -0.2) is 0 Å². The summed E-state index contributed by atoms with van der Waals surface area (Å²) >= 11 is 6.04. The smallest absolute Gasteiger partial charge is 0.273 e. The lowest BCUT2D eigenvalue weighted by Gasteiger charge is -2.29. The molecule has 0 bridgehead atoms. The van der Waals surface area contributed by atoms with Gasteiger partial charge in [-0.05, 0) is 37.5 Å². The zero-order valence-electron chi connectivity index (χ0n) is 13.1. The predicted octanol–water partition coefficient (Wildman–Crippen LogP) is 3.50. The number of hydrogen-bond donors (Lipinski definition) is 1. The first kappa shape index (κ1) is 16.0. The summed E-state index contributed by atoms with van der Waals surface area (Å²) in [6.07, 6.45) is 2.21. The van der Waals surface area contributed by atoms with E-state index in [0.29, 0.717) is 23.2 Å². The molecule has 6 heteroatoms. The van der Waals surface area contributed by atoms with Gasteiger partial charge in [-0.3, -0.25) is 4.79 Å². The largest absolute Gasteiger partial charge is 0.372 e. The Labute approximate surface area is 139 Å². The number of nitrogens with one attached hydrogen (secondary N) is 1. The Kier molecular flexibility index (Phi) is 4.41. The van der Waals surface area contributed by atoms with Gasteiger partial charge >= 0.3 is 0 Å². The van der Waals surface area contributed by atoms with Gasteiger partial charge in [-0.15, -0.1) is 0 Å². The number of hydrogen-bond acceptors (Lipinski definition) is 4. The molecule has 1 aliphatic rings. The summed E-state index contributed by atoms with van der Waals surface area (Å²) in [5.74, 6) is 0.949. The van der Waals surface area contributed by atoms with Crippen molar-refractivity contribution in [3.05, 3.63) is 52.4 Å². The van der Waals surface area contributed by atoms with Crippen LogP contribution in [0.15, 0.2) is 34.9 Å². The molecule has 1 heterocycles. The van der Waals surface area contributed by atoms with Crippen LogP contribution in [0.2, 0.25) is 5.02 Å². The number of benzene rings is 1. The Morgan fingerprint density at radius 1 is 1.48 bits per heavy atom. The molecule has 0 unspecified atom stereocenters. The van der Waals surface area contributed by atoms with E-state index in [1.807, 2.05) is 25.1 Å². The molecule has 0 saturated heterocycles. The van der Waals surface area contributed by atoms with Gasteiger partial charge in [0.25, 0.3) is 5.91 Å². The van der Waals surface area contributed by atoms with E-state index in [0.717, 1.165) is 24.2 Å². The molecule has 1 aliphatic carbocycles. The van der Waals surface area contributed by atoms with Crippen molar-refractivity contribution in [1.82, 2.24) is 10.5 Å². The van der Waals surface area contributed by atoms with Crippen molar-refractivity contribution in [2.24, 2.45) is 0 Å². The van der Waals surface area contributed by atoms with Gasteiger partial charge < -0.3 is 14.6 Å². The van der Waals surface area contributed by atoms with Gasteiger partial charge in [0.05, 0.1) is 6.54 Å². The average molecular weight is 335 g/mol. The Morgan fingerprint density at radius 2 is 2.26 bits per heavy atom. The van der Waals surface area contributed by atoms with E-state index in [4.69, 9.17) is 20.9 Å². The fourth-order valence-electron chi connectivity index (χ4n) is 2.41. The molecule has 1 saturated carbocycles. The Balaban J connectivity index is 1.67. The van der Waals surface area contributed by atoms with Crippen molar-refractivity contribution in [1.29, 1.82) is 0 Å². The fraction of sp³-hybridized carbons (Fsp3) is 0.412. The monoisotopic (exact) mass is 334 g/mol. The minimum Gasteiger partial charge on any atom is -0.372 e. The number of carbonyl (C=O) groups is 1. The van der Waals surface area contributed by atoms with Gasteiger partial charge in [0, 0.05) is 24.1 Å². The van der Waals surface area contributed by atoms with Crippen LogP contribution in [0, 0.1) is 0 Å². The first-order valence-electron chi connectivity index (χ1n) is 7.58. The molecule has 1 atom stereocenters. The molecule has 1 aromatic heterocycles. The molecular weight excluding hydrogens is 316 g/mol. The molecule has 1 aromatic carbocycles. The van der Waals surface area contributed by atoms with Gasteiger partial charge in [0.15, 0.2) is 5.69 Å². The number of ether oxygens (including phenoxy) is 1. The molecule has 5 nitrogen and oxygen atoms in total. The van der Waals surface area contributed by atoms with Crippen molar-refractivity contribution >= 4 is 17.5 Å². The zero-order chi connectivity index (χ0) is 16.4. The summed E-state index contributed by atoms with van der Waals surface area (Å²) in [6, 6.07) is 9.13. The number of carbonyl (C=O) groups excluding carboxylic acids is 1. The van der Waals surface area contributed by atoms with E-state index in [1.165, 1.54) is 0 Å². The maximum absolute atomic E-state index is 12.2. The van der Waals surface area contributed by atoms with Gasteiger partial charge in [-0.2, -0.15) is 0 Å². The number of rotatable bonds is 6. The summed E-state index contributed by atoms with van der Waals surface area (Å²) < 4.78 is 10.8. The molecule has 122 valence electrons. The van der Waals surface area contributed by atoms with Crippen LogP contribution in [0.3, 0.4) is 0 Å². The normalized spacial score (nSPS) is 16.8. The first-order valence-corrected chi connectivity index (χ1v) is 7.95. The number of nitrogens with zero attached hydrogens (tertiary/aromatic N) is 1. The van der Waals surface area contributed by atoms with Crippen molar-refractivity contribution in [3.8, 4) is 0 Å². The lowest BCUT2D eigenvalue weighted by atomic mass is 9.95. The minimum atomic E-state index is -0.677. The molecule has 3 rings (SSSR count). The number of methoxy groups -OCH3 is 1. The van der Waals surface area contributed by atoms with Crippen LogP contribution in [-0.2, 0) is 10.3 Å². The van der Waals surface area contributed by atoms with Crippen LogP contribution in [0.25, 0.3) is 0 Å². The third-order valence-corrected chi connectivity index (χ3v) is 4.45. The minimum absolute atomic E-state index is 0.272. The molecule has 1 fully saturated rings. The molecule has 0 spiro atoms. The third kappa shape index (κ3) is 3.57. The van der Waals surface area contributed by atoms with Crippen molar-refractivity contribution in [2.75, 3.05) is 13.7 Å². The molecule has 23 heavy (non-hydrogen) atoms. The van der Waals surface area contributed by atoms with Crippen molar-refractivity contribution in [2.45, 2.75) is 31.3 Å². The van der Waals surface area contributed by atoms with E-state index < -0.39 is 5.60 Å². The van der Waals surface area contributed by atoms with Crippen molar-refractivity contribution < 1.29 is 14.1 Å². The van der Waals surface area contributed by atoms with E-state index >= 15 is 0 Å². The maximum atomic E-state index is 12.2. The molecule has 0 radical (unpaired) electrons. The third-order valence-electron chi connectivity index (χ3n) is 4.21. The van der Waals surface area contributed by atoms with E-state index in [1.54, 1.807) is 19.2 Å². The second kappa shape index (κ2) is 6.34. The van der Waals surface area contributed by atoms with E-state index in [2.05, 4.69) is 10.5 Å². The SMILES string of the molecule is CO[C@@](C)(CNC(=O)c1cc(C2CC2)on1)c1cccc(Cl)c1. The lowest BCUT2D eigenvalue weighted by Crippen LogP contribution is -2.40. The number of amides is 1. The van der Waals surface area contributed by atoms with Crippen LogP contribution in [0.4, 0.5) is 0 Å². The highest BCUT2D eigenvalue weighted by molar-refractivity contribution is 6.30. The Morgan fingerprint density at radius 3 is 2.91 bits per heavy atom. The Bertz CT molecular complexity index is 711. The van der Waals surface area contributed by atoms with E-state index in [-0.39, 0.29) is 5.91 Å². The highest BCUT2D eigenvalue weighted by Gasteiger charge is 2.30. The average Bonchev–Trinajstić information content (AvgIpc) is 3.29. The highest BCUT2D eigenvalue weighted by atomic mass is 35.5. The second-order valence-electron chi connectivity index (χ2n) is 6.02. The van der Waals surface area contributed by atoms with Crippen molar-refractivity contribution in [3.63, 3.8) is 0 Å². The molecular formula is C17H19ClN2O3. The van der Waals surface area contributed by atoms with Crippen LogP contribution in [-0.4, -0.2) is 24.7 Å². The first-order chi connectivity index (χ1) is 11.0. The summed E-state index contributed by atoms with van der Waals surface area (Å²) in [4.78, 5) is 12.2. The van der Waals surface area contributed by atoms with Crippen LogP contribution in [0.1, 0.15) is 47.5 Å². The summed E-state index contributed by atoms with van der Waals surface area (Å²) in [6.45, 7) is 2.20. The molecule has 0 aliphatic heterocycles. The Hall–Kier alpha value is -1.85. The van der Waals surface area contributed by atoms with Gasteiger partial charge in [-0.1, -0.05) is 28.9 Å². The second-order valence-corrected chi connectivity index (χ2v) is 6.45. The van der Waals surface area contributed by atoms with Gasteiger partial charge in [0.1, 0.15) is 11.4 Å². The molecule has 2 aromatic rings. The zero-order valence-corrected chi connectivity index (χ0v) is 13.9. The van der Waals surface area contributed by atoms with Crippen LogP contribution < -0.4 is 5.32 Å².